The standard InChI is InChI=1S/C24H25FN2O3/c1-2-4-18(13-22(28)29)17-9-11-20(12-10-17)30-15-19-5-3-6-21-23(19)24(25)26-27(21)14-16-7-8-16/h2-6,9-12,16,18H,7-8,13-15H2,1H3,(H,28,29)/t18-/m1/s1. The smallest absolute Gasteiger partial charge is 0.304 e. The van der Waals surface area contributed by atoms with E-state index in [-0.39, 0.29) is 18.9 Å². The van der Waals surface area contributed by atoms with Gasteiger partial charge in [-0.05, 0) is 49.4 Å². The fraction of sp³-hybridized carbons (Fsp3) is 0.333. The molecule has 2 aromatic carbocycles. The molecule has 0 saturated heterocycles. The van der Waals surface area contributed by atoms with E-state index < -0.39 is 11.9 Å². The minimum absolute atomic E-state index is 0.0384. The Balaban J connectivity index is 1.48. The molecule has 0 spiro atoms. The summed E-state index contributed by atoms with van der Waals surface area (Å²) in [5, 5.41) is 13.7. The number of fused-ring (bicyclic) bond motifs is 1. The van der Waals surface area contributed by atoms with Gasteiger partial charge in [0.15, 0.2) is 0 Å². The quantitative estimate of drug-likeness (QED) is 0.488. The van der Waals surface area contributed by atoms with Crippen molar-refractivity contribution >= 4 is 16.9 Å². The first-order valence-electron chi connectivity index (χ1n) is 10.3. The molecule has 6 heteroatoms. The average Bonchev–Trinajstić information content (AvgIpc) is 3.49. The summed E-state index contributed by atoms with van der Waals surface area (Å²) in [5.74, 6) is -0.213. The number of rotatable bonds is 9. The fourth-order valence-electron chi connectivity index (χ4n) is 3.74. The Morgan fingerprint density at radius 2 is 2.07 bits per heavy atom. The predicted octanol–water partition coefficient (Wildman–Crippen LogP) is 5.30. The zero-order valence-electron chi connectivity index (χ0n) is 16.9. The number of aliphatic carboxylic acids is 1. The molecule has 1 fully saturated rings. The molecule has 0 unspecified atom stereocenters. The van der Waals surface area contributed by atoms with Crippen LogP contribution in [0.3, 0.4) is 0 Å². The van der Waals surface area contributed by atoms with Crippen molar-refractivity contribution in [1.29, 1.82) is 0 Å². The molecular formula is C24H25FN2O3. The highest BCUT2D eigenvalue weighted by Crippen LogP contribution is 2.32. The monoisotopic (exact) mass is 408 g/mol. The van der Waals surface area contributed by atoms with Gasteiger partial charge in [-0.2, -0.15) is 4.39 Å². The summed E-state index contributed by atoms with van der Waals surface area (Å²) >= 11 is 0. The van der Waals surface area contributed by atoms with Crippen LogP contribution in [0.25, 0.3) is 10.9 Å². The Kier molecular flexibility index (Phi) is 5.84. The molecule has 1 aliphatic rings. The van der Waals surface area contributed by atoms with E-state index in [1.54, 1.807) is 4.68 Å². The summed E-state index contributed by atoms with van der Waals surface area (Å²) in [5.41, 5.74) is 2.48. The summed E-state index contributed by atoms with van der Waals surface area (Å²) in [4.78, 5) is 11.1. The van der Waals surface area contributed by atoms with Gasteiger partial charge in [-0.1, -0.05) is 36.4 Å². The Labute approximate surface area is 174 Å². The van der Waals surface area contributed by atoms with Crippen molar-refractivity contribution in [3.05, 3.63) is 71.7 Å². The Hall–Kier alpha value is -3.15. The number of nitrogens with zero attached hydrogens (tertiary/aromatic N) is 2. The van der Waals surface area contributed by atoms with Gasteiger partial charge in [0.1, 0.15) is 12.4 Å². The minimum atomic E-state index is -0.837. The van der Waals surface area contributed by atoms with E-state index in [0.717, 1.165) is 23.2 Å². The van der Waals surface area contributed by atoms with E-state index in [1.807, 2.05) is 61.5 Å². The van der Waals surface area contributed by atoms with Crippen LogP contribution >= 0.6 is 0 Å². The lowest BCUT2D eigenvalue weighted by molar-refractivity contribution is -0.137. The predicted molar refractivity (Wildman–Crippen MR) is 113 cm³/mol. The third-order valence-corrected chi connectivity index (χ3v) is 5.47. The summed E-state index contributed by atoms with van der Waals surface area (Å²) in [6.07, 6.45) is 6.15. The number of carbonyl (C=O) groups is 1. The van der Waals surface area contributed by atoms with Gasteiger partial charge in [0.05, 0.1) is 17.3 Å². The summed E-state index contributed by atoms with van der Waals surface area (Å²) in [6.45, 7) is 2.87. The van der Waals surface area contributed by atoms with Crippen LogP contribution in [0.1, 0.15) is 43.2 Å². The lowest BCUT2D eigenvalue weighted by atomic mass is 9.95. The van der Waals surface area contributed by atoms with Crippen molar-refractivity contribution in [2.75, 3.05) is 0 Å². The molecule has 1 saturated carbocycles. The second-order valence-electron chi connectivity index (χ2n) is 7.82. The summed E-state index contributed by atoms with van der Waals surface area (Å²) < 4.78 is 22.2. The van der Waals surface area contributed by atoms with Crippen LogP contribution in [-0.4, -0.2) is 20.9 Å². The molecular weight excluding hydrogens is 383 g/mol. The molecule has 1 aliphatic carbocycles. The lowest BCUT2D eigenvalue weighted by Gasteiger charge is -2.12. The summed E-state index contributed by atoms with van der Waals surface area (Å²) in [6, 6.07) is 13.0. The highest BCUT2D eigenvalue weighted by molar-refractivity contribution is 5.83. The molecule has 0 radical (unpaired) electrons. The molecule has 1 heterocycles. The Bertz CT molecular complexity index is 1070. The first-order valence-corrected chi connectivity index (χ1v) is 10.3. The van der Waals surface area contributed by atoms with Gasteiger partial charge in [0.25, 0.3) is 0 Å². The van der Waals surface area contributed by atoms with Gasteiger partial charge in [-0.3, -0.25) is 9.48 Å². The number of aromatic nitrogens is 2. The van der Waals surface area contributed by atoms with Gasteiger partial charge < -0.3 is 9.84 Å². The number of carboxylic acid groups (broad SMARTS) is 1. The largest absolute Gasteiger partial charge is 0.489 e. The topological polar surface area (TPSA) is 64.3 Å². The maximum absolute atomic E-state index is 14.5. The molecule has 4 rings (SSSR count). The van der Waals surface area contributed by atoms with E-state index in [1.165, 1.54) is 12.8 Å². The first-order chi connectivity index (χ1) is 14.5. The molecule has 0 bridgehead atoms. The third-order valence-electron chi connectivity index (χ3n) is 5.47. The third kappa shape index (κ3) is 4.53. The van der Waals surface area contributed by atoms with Gasteiger partial charge >= 0.3 is 5.97 Å². The highest BCUT2D eigenvalue weighted by Gasteiger charge is 2.24. The molecule has 5 nitrogen and oxygen atoms in total. The van der Waals surface area contributed by atoms with Gasteiger partial charge in [-0.15, -0.1) is 5.10 Å². The highest BCUT2D eigenvalue weighted by atomic mass is 19.1. The number of hydrogen-bond acceptors (Lipinski definition) is 3. The number of benzene rings is 2. The minimum Gasteiger partial charge on any atom is -0.489 e. The van der Waals surface area contributed by atoms with E-state index in [0.29, 0.717) is 17.1 Å². The van der Waals surface area contributed by atoms with Crippen LogP contribution in [-0.2, 0) is 17.9 Å². The van der Waals surface area contributed by atoms with E-state index in [9.17, 15) is 9.18 Å². The van der Waals surface area contributed by atoms with Crippen molar-refractivity contribution in [2.45, 2.75) is 45.3 Å². The molecule has 3 aromatic rings. The van der Waals surface area contributed by atoms with Crippen molar-refractivity contribution in [3.8, 4) is 5.75 Å². The van der Waals surface area contributed by atoms with Crippen molar-refractivity contribution in [2.24, 2.45) is 5.92 Å². The maximum Gasteiger partial charge on any atom is 0.304 e. The van der Waals surface area contributed by atoms with Crippen LogP contribution < -0.4 is 4.74 Å². The Morgan fingerprint density at radius 1 is 1.30 bits per heavy atom. The second-order valence-corrected chi connectivity index (χ2v) is 7.82. The van der Waals surface area contributed by atoms with Gasteiger partial charge in [0, 0.05) is 18.0 Å². The van der Waals surface area contributed by atoms with Crippen molar-refractivity contribution in [1.82, 2.24) is 9.78 Å². The molecule has 156 valence electrons. The fourth-order valence-corrected chi connectivity index (χ4v) is 3.74. The van der Waals surface area contributed by atoms with E-state index in [4.69, 9.17) is 9.84 Å². The van der Waals surface area contributed by atoms with Crippen LogP contribution in [0.2, 0.25) is 0 Å². The van der Waals surface area contributed by atoms with Crippen molar-refractivity contribution < 1.29 is 19.0 Å². The Morgan fingerprint density at radius 3 is 2.73 bits per heavy atom. The number of carboxylic acids is 1. The zero-order chi connectivity index (χ0) is 21.1. The summed E-state index contributed by atoms with van der Waals surface area (Å²) in [7, 11) is 0. The number of ether oxygens (including phenoxy) is 1. The number of halogens is 1. The van der Waals surface area contributed by atoms with Crippen LogP contribution in [0, 0.1) is 11.9 Å². The normalized spacial score (nSPS) is 15.0. The van der Waals surface area contributed by atoms with E-state index in [2.05, 4.69) is 5.10 Å². The molecule has 0 amide bonds. The number of hydrogen-bond donors (Lipinski definition) is 1. The molecule has 1 aromatic heterocycles. The first kappa shape index (κ1) is 20.1. The molecule has 30 heavy (non-hydrogen) atoms. The number of allylic oxidation sites excluding steroid dienone is 2. The molecule has 0 aliphatic heterocycles. The molecule has 1 N–H and O–H groups in total. The van der Waals surface area contributed by atoms with Crippen molar-refractivity contribution in [3.63, 3.8) is 0 Å². The SMILES string of the molecule is CC=C[C@H](CC(=O)O)c1ccc(OCc2cccc3c2c(F)nn3CC2CC2)cc1. The van der Waals surface area contributed by atoms with Gasteiger partial charge in [-0.25, -0.2) is 0 Å². The lowest BCUT2D eigenvalue weighted by Crippen LogP contribution is -2.04. The van der Waals surface area contributed by atoms with Crippen LogP contribution in [0.15, 0.2) is 54.6 Å². The van der Waals surface area contributed by atoms with Crippen LogP contribution in [0.4, 0.5) is 4.39 Å². The van der Waals surface area contributed by atoms with E-state index >= 15 is 0 Å². The zero-order valence-corrected chi connectivity index (χ0v) is 16.9. The maximum atomic E-state index is 14.5. The second kappa shape index (κ2) is 8.69. The van der Waals surface area contributed by atoms with Gasteiger partial charge in [0.2, 0.25) is 5.95 Å². The van der Waals surface area contributed by atoms with Crippen LogP contribution in [0.5, 0.6) is 5.75 Å². The molecule has 1 atom stereocenters. The average molecular weight is 408 g/mol.